The lowest BCUT2D eigenvalue weighted by molar-refractivity contribution is -0.115. The summed E-state index contributed by atoms with van der Waals surface area (Å²) >= 11 is 6.22. The third-order valence-electron chi connectivity index (χ3n) is 3.92. The molecular formula is C19H21ClN2O3. The zero-order valence-electron chi connectivity index (χ0n) is 14.3. The largest absolute Gasteiger partial charge is 0.486 e. The molecule has 132 valence electrons. The number of amides is 1. The molecule has 0 saturated heterocycles. The Kier molecular flexibility index (Phi) is 5.34. The molecule has 0 bridgehead atoms. The molecule has 0 fully saturated rings. The molecule has 0 radical (unpaired) electrons. The van der Waals surface area contributed by atoms with Gasteiger partial charge in [-0.15, -0.1) is 0 Å². The first-order valence-electron chi connectivity index (χ1n) is 8.23. The molecule has 2 aromatic carbocycles. The van der Waals surface area contributed by atoms with E-state index in [-0.39, 0.29) is 5.91 Å². The van der Waals surface area contributed by atoms with Crippen LogP contribution in [-0.2, 0) is 4.79 Å². The first-order chi connectivity index (χ1) is 12.0. The smallest absolute Gasteiger partial charge is 0.226 e. The number of ether oxygens (including phenoxy) is 2. The van der Waals surface area contributed by atoms with Gasteiger partial charge in [-0.05, 0) is 43.2 Å². The number of rotatable bonds is 5. The third-order valence-corrected chi connectivity index (χ3v) is 4.22. The van der Waals surface area contributed by atoms with Crippen LogP contribution in [0.4, 0.5) is 11.4 Å². The van der Waals surface area contributed by atoms with Crippen molar-refractivity contribution in [2.45, 2.75) is 20.3 Å². The summed E-state index contributed by atoms with van der Waals surface area (Å²) in [7, 11) is 0. The number of hydrogen-bond acceptors (Lipinski definition) is 4. The summed E-state index contributed by atoms with van der Waals surface area (Å²) in [5, 5.41) is 6.67. The van der Waals surface area contributed by atoms with Gasteiger partial charge >= 0.3 is 0 Å². The van der Waals surface area contributed by atoms with Gasteiger partial charge in [0.2, 0.25) is 5.91 Å². The maximum Gasteiger partial charge on any atom is 0.226 e. The topological polar surface area (TPSA) is 59.6 Å². The summed E-state index contributed by atoms with van der Waals surface area (Å²) in [6, 6.07) is 9.50. The minimum Gasteiger partial charge on any atom is -0.486 e. The summed E-state index contributed by atoms with van der Waals surface area (Å²) < 4.78 is 11.0. The zero-order chi connectivity index (χ0) is 17.8. The van der Waals surface area contributed by atoms with E-state index in [4.69, 9.17) is 21.1 Å². The Morgan fingerprint density at radius 2 is 1.88 bits per heavy atom. The molecule has 1 aliphatic heterocycles. The van der Waals surface area contributed by atoms with Crippen LogP contribution in [0.2, 0.25) is 5.02 Å². The van der Waals surface area contributed by atoms with Crippen molar-refractivity contribution in [3.63, 3.8) is 0 Å². The lowest BCUT2D eigenvalue weighted by Crippen LogP contribution is -2.18. The maximum absolute atomic E-state index is 12.2. The van der Waals surface area contributed by atoms with E-state index in [2.05, 4.69) is 10.6 Å². The molecule has 0 aromatic heterocycles. The van der Waals surface area contributed by atoms with Crippen LogP contribution in [0.5, 0.6) is 11.5 Å². The van der Waals surface area contributed by atoms with Gasteiger partial charge in [-0.2, -0.15) is 0 Å². The molecule has 3 rings (SSSR count). The highest BCUT2D eigenvalue weighted by Crippen LogP contribution is 2.32. The molecule has 25 heavy (non-hydrogen) atoms. The van der Waals surface area contributed by atoms with Gasteiger partial charge in [-0.25, -0.2) is 0 Å². The number of fused-ring (bicyclic) bond motifs is 1. The Labute approximate surface area is 152 Å². The van der Waals surface area contributed by atoms with E-state index in [0.29, 0.717) is 36.9 Å². The second-order valence-electron chi connectivity index (χ2n) is 6.02. The van der Waals surface area contributed by atoms with E-state index < -0.39 is 0 Å². The second kappa shape index (κ2) is 7.66. The Morgan fingerprint density at radius 3 is 2.64 bits per heavy atom. The van der Waals surface area contributed by atoms with Crippen LogP contribution in [0.3, 0.4) is 0 Å². The van der Waals surface area contributed by atoms with Crippen LogP contribution in [0.15, 0.2) is 30.3 Å². The summed E-state index contributed by atoms with van der Waals surface area (Å²) in [4.78, 5) is 12.2. The molecule has 0 atom stereocenters. The molecule has 0 saturated carbocycles. The standard InChI is InChI=1S/C19H21ClN2O3/c1-12-9-13(2)19(15(20)10-12)22-18(23)5-6-21-14-3-4-16-17(11-14)25-8-7-24-16/h3-4,9-11,21H,5-8H2,1-2H3,(H,22,23). The SMILES string of the molecule is Cc1cc(C)c(NC(=O)CCNc2ccc3c(c2)OCCO3)c(Cl)c1. The molecule has 1 amide bonds. The number of carbonyl (C=O) groups is 1. The molecule has 0 aliphatic carbocycles. The quantitative estimate of drug-likeness (QED) is 0.840. The first-order valence-corrected chi connectivity index (χ1v) is 8.61. The van der Waals surface area contributed by atoms with E-state index in [0.717, 1.165) is 28.3 Å². The van der Waals surface area contributed by atoms with Crippen LogP contribution in [0.25, 0.3) is 0 Å². The van der Waals surface area contributed by atoms with Gasteiger partial charge in [0.25, 0.3) is 0 Å². The van der Waals surface area contributed by atoms with E-state index in [9.17, 15) is 4.79 Å². The highest BCUT2D eigenvalue weighted by molar-refractivity contribution is 6.34. The lowest BCUT2D eigenvalue weighted by Gasteiger charge is -2.19. The van der Waals surface area contributed by atoms with Crippen molar-refractivity contribution in [2.24, 2.45) is 0 Å². The van der Waals surface area contributed by atoms with Crippen LogP contribution in [0, 0.1) is 13.8 Å². The van der Waals surface area contributed by atoms with Crippen molar-refractivity contribution in [2.75, 3.05) is 30.4 Å². The molecule has 0 spiro atoms. The summed E-state index contributed by atoms with van der Waals surface area (Å²) in [5.41, 5.74) is 3.59. The van der Waals surface area contributed by atoms with Gasteiger partial charge in [0, 0.05) is 24.7 Å². The predicted molar refractivity (Wildman–Crippen MR) is 100 cm³/mol. The van der Waals surface area contributed by atoms with Crippen molar-refractivity contribution >= 4 is 28.9 Å². The van der Waals surface area contributed by atoms with Crippen molar-refractivity contribution < 1.29 is 14.3 Å². The molecule has 2 aromatic rings. The third kappa shape index (κ3) is 4.37. The summed E-state index contributed by atoms with van der Waals surface area (Å²) in [5.74, 6) is 1.39. The van der Waals surface area contributed by atoms with Gasteiger partial charge in [0.15, 0.2) is 11.5 Å². The van der Waals surface area contributed by atoms with Gasteiger partial charge in [0.1, 0.15) is 13.2 Å². The molecule has 6 heteroatoms. The Morgan fingerprint density at radius 1 is 1.12 bits per heavy atom. The molecule has 2 N–H and O–H groups in total. The number of anilines is 2. The molecule has 0 unspecified atom stereocenters. The molecule has 1 aliphatic rings. The normalized spacial score (nSPS) is 12.6. The maximum atomic E-state index is 12.2. The van der Waals surface area contributed by atoms with Crippen molar-refractivity contribution in [1.82, 2.24) is 0 Å². The number of halogens is 1. The van der Waals surface area contributed by atoms with Gasteiger partial charge in [-0.1, -0.05) is 17.7 Å². The highest BCUT2D eigenvalue weighted by atomic mass is 35.5. The lowest BCUT2D eigenvalue weighted by atomic mass is 10.1. The number of carbonyl (C=O) groups excluding carboxylic acids is 1. The van der Waals surface area contributed by atoms with E-state index in [1.807, 2.05) is 44.2 Å². The minimum atomic E-state index is -0.0844. The van der Waals surface area contributed by atoms with Gasteiger partial charge in [0.05, 0.1) is 10.7 Å². The number of hydrogen-bond donors (Lipinski definition) is 2. The number of aryl methyl sites for hydroxylation is 2. The first kappa shape index (κ1) is 17.4. The second-order valence-corrected chi connectivity index (χ2v) is 6.43. The Bertz CT molecular complexity index is 769. The number of nitrogens with one attached hydrogen (secondary N) is 2. The average molecular weight is 361 g/mol. The van der Waals surface area contributed by atoms with Gasteiger partial charge in [-0.3, -0.25) is 4.79 Å². The Hall–Kier alpha value is -2.40. The molecule has 5 nitrogen and oxygen atoms in total. The van der Waals surface area contributed by atoms with Crippen molar-refractivity contribution in [1.29, 1.82) is 0 Å². The fourth-order valence-electron chi connectivity index (χ4n) is 2.75. The Balaban J connectivity index is 1.53. The number of benzene rings is 2. The minimum absolute atomic E-state index is 0.0844. The highest BCUT2D eigenvalue weighted by Gasteiger charge is 2.12. The fourth-order valence-corrected chi connectivity index (χ4v) is 3.12. The van der Waals surface area contributed by atoms with Crippen molar-refractivity contribution in [3.05, 3.63) is 46.5 Å². The predicted octanol–water partition coefficient (Wildman–Crippen LogP) is 4.17. The fraction of sp³-hybridized carbons (Fsp3) is 0.316. The van der Waals surface area contributed by atoms with Crippen LogP contribution in [0.1, 0.15) is 17.5 Å². The zero-order valence-corrected chi connectivity index (χ0v) is 15.1. The molecule has 1 heterocycles. The van der Waals surface area contributed by atoms with E-state index in [1.165, 1.54) is 0 Å². The van der Waals surface area contributed by atoms with Crippen molar-refractivity contribution in [3.8, 4) is 11.5 Å². The molecular weight excluding hydrogens is 340 g/mol. The van der Waals surface area contributed by atoms with Crippen LogP contribution in [-0.4, -0.2) is 25.7 Å². The summed E-state index contributed by atoms with van der Waals surface area (Å²) in [6.45, 7) is 5.54. The van der Waals surface area contributed by atoms with Crippen LogP contribution >= 0.6 is 11.6 Å². The monoisotopic (exact) mass is 360 g/mol. The average Bonchev–Trinajstić information content (AvgIpc) is 2.58. The van der Waals surface area contributed by atoms with E-state index >= 15 is 0 Å². The van der Waals surface area contributed by atoms with Crippen LogP contribution < -0.4 is 20.1 Å². The summed E-state index contributed by atoms with van der Waals surface area (Å²) in [6.07, 6.45) is 0.331. The van der Waals surface area contributed by atoms with E-state index in [1.54, 1.807) is 0 Å². The van der Waals surface area contributed by atoms with Gasteiger partial charge < -0.3 is 20.1 Å².